The minimum absolute atomic E-state index is 0.371. The summed E-state index contributed by atoms with van der Waals surface area (Å²) < 4.78 is 5.32. The zero-order valence-corrected chi connectivity index (χ0v) is 9.18. The second-order valence-electron chi connectivity index (χ2n) is 4.12. The van der Waals surface area contributed by atoms with Gasteiger partial charge in [0.15, 0.2) is 0 Å². The summed E-state index contributed by atoms with van der Waals surface area (Å²) >= 11 is 5.96. The molecule has 0 bridgehead atoms. The van der Waals surface area contributed by atoms with Gasteiger partial charge in [-0.2, -0.15) is 0 Å². The largest absolute Gasteiger partial charge is 0.496 e. The number of methoxy groups -OCH3 is 1. The van der Waals surface area contributed by atoms with E-state index in [0.29, 0.717) is 5.41 Å². The Bertz CT molecular complexity index is 318. The number of para-hydroxylation sites is 1. The highest BCUT2D eigenvalue weighted by Gasteiger charge is 2.42. The molecule has 0 N–H and O–H groups in total. The molecule has 0 spiro atoms. The fourth-order valence-corrected chi connectivity index (χ4v) is 2.15. The van der Waals surface area contributed by atoms with Crippen molar-refractivity contribution in [3.8, 4) is 5.75 Å². The van der Waals surface area contributed by atoms with E-state index in [1.165, 1.54) is 18.4 Å². The quantitative estimate of drug-likeness (QED) is 0.694. The van der Waals surface area contributed by atoms with Gasteiger partial charge in [-0.1, -0.05) is 18.2 Å². The highest BCUT2D eigenvalue weighted by Crippen LogP contribution is 2.50. The van der Waals surface area contributed by atoms with Gasteiger partial charge in [0, 0.05) is 5.88 Å². The van der Waals surface area contributed by atoms with Crippen LogP contribution in [0, 0.1) is 5.41 Å². The lowest BCUT2D eigenvalue weighted by molar-refractivity contribution is 0.404. The van der Waals surface area contributed by atoms with Gasteiger partial charge in [0.25, 0.3) is 0 Å². The van der Waals surface area contributed by atoms with Crippen LogP contribution in [0.5, 0.6) is 5.75 Å². The molecule has 1 nitrogen and oxygen atoms in total. The third-order valence-corrected chi connectivity index (χ3v) is 3.57. The van der Waals surface area contributed by atoms with Crippen molar-refractivity contribution in [3.63, 3.8) is 0 Å². The molecule has 0 radical (unpaired) electrons. The summed E-state index contributed by atoms with van der Waals surface area (Å²) in [5.74, 6) is 1.76. The van der Waals surface area contributed by atoms with Crippen molar-refractivity contribution in [1.82, 2.24) is 0 Å². The molecule has 0 heterocycles. The fraction of sp³-hybridized carbons (Fsp3) is 0.500. The van der Waals surface area contributed by atoms with Crippen molar-refractivity contribution >= 4 is 11.6 Å². The lowest BCUT2D eigenvalue weighted by Gasteiger charge is -2.13. The SMILES string of the molecule is COc1ccccc1CC1(CCl)CC1. The molecule has 0 saturated heterocycles. The lowest BCUT2D eigenvalue weighted by atomic mass is 9.98. The van der Waals surface area contributed by atoms with Gasteiger partial charge in [0.1, 0.15) is 5.75 Å². The van der Waals surface area contributed by atoms with Crippen molar-refractivity contribution in [3.05, 3.63) is 29.8 Å². The molecular formula is C12H15ClO. The van der Waals surface area contributed by atoms with Gasteiger partial charge in [0.2, 0.25) is 0 Å². The van der Waals surface area contributed by atoms with Gasteiger partial charge in [-0.15, -0.1) is 11.6 Å². The van der Waals surface area contributed by atoms with E-state index in [2.05, 4.69) is 12.1 Å². The molecule has 1 aromatic rings. The first-order valence-electron chi connectivity index (χ1n) is 4.97. The highest BCUT2D eigenvalue weighted by molar-refractivity contribution is 6.18. The van der Waals surface area contributed by atoms with Crippen LogP contribution in [0.1, 0.15) is 18.4 Å². The first kappa shape index (κ1) is 9.85. The molecule has 14 heavy (non-hydrogen) atoms. The summed E-state index contributed by atoms with van der Waals surface area (Å²) in [6.07, 6.45) is 3.57. The van der Waals surface area contributed by atoms with E-state index in [9.17, 15) is 0 Å². The number of alkyl halides is 1. The van der Waals surface area contributed by atoms with Crippen LogP contribution >= 0.6 is 11.6 Å². The summed E-state index contributed by atoms with van der Waals surface area (Å²) in [5, 5.41) is 0. The summed E-state index contributed by atoms with van der Waals surface area (Å²) in [4.78, 5) is 0. The Kier molecular flexibility index (Phi) is 2.69. The Hall–Kier alpha value is -0.690. The average Bonchev–Trinajstić information content (AvgIpc) is 2.99. The Labute approximate surface area is 90.0 Å². The lowest BCUT2D eigenvalue weighted by Crippen LogP contribution is -2.07. The smallest absolute Gasteiger partial charge is 0.122 e. The van der Waals surface area contributed by atoms with E-state index in [1.54, 1.807) is 7.11 Å². The molecule has 0 amide bonds. The molecule has 1 aliphatic rings. The van der Waals surface area contributed by atoms with Crippen LogP contribution in [-0.2, 0) is 6.42 Å². The molecule has 2 rings (SSSR count). The standard InChI is InChI=1S/C12H15ClO/c1-14-11-5-3-2-4-10(11)8-12(9-13)6-7-12/h2-5H,6-9H2,1H3. The van der Waals surface area contributed by atoms with Crippen LogP contribution in [0.15, 0.2) is 24.3 Å². The molecule has 0 atom stereocenters. The molecule has 76 valence electrons. The normalized spacial score (nSPS) is 17.9. The summed E-state index contributed by atoms with van der Waals surface area (Å²) in [5.41, 5.74) is 1.66. The predicted molar refractivity (Wildman–Crippen MR) is 59.1 cm³/mol. The Morgan fingerprint density at radius 2 is 2.07 bits per heavy atom. The van der Waals surface area contributed by atoms with Crippen LogP contribution < -0.4 is 4.74 Å². The van der Waals surface area contributed by atoms with Crippen LogP contribution in [-0.4, -0.2) is 13.0 Å². The van der Waals surface area contributed by atoms with Crippen molar-refractivity contribution in [1.29, 1.82) is 0 Å². The van der Waals surface area contributed by atoms with Crippen molar-refractivity contribution < 1.29 is 4.74 Å². The van der Waals surface area contributed by atoms with Gasteiger partial charge in [-0.3, -0.25) is 0 Å². The molecule has 2 heteroatoms. The third kappa shape index (κ3) is 1.88. The highest BCUT2D eigenvalue weighted by atomic mass is 35.5. The summed E-state index contributed by atoms with van der Waals surface area (Å²) in [6, 6.07) is 8.20. The number of hydrogen-bond donors (Lipinski definition) is 0. The van der Waals surface area contributed by atoms with Crippen LogP contribution in [0.2, 0.25) is 0 Å². The molecular weight excluding hydrogens is 196 g/mol. The zero-order valence-electron chi connectivity index (χ0n) is 8.42. The van der Waals surface area contributed by atoms with E-state index < -0.39 is 0 Å². The Morgan fingerprint density at radius 1 is 1.36 bits per heavy atom. The Morgan fingerprint density at radius 3 is 2.64 bits per heavy atom. The maximum absolute atomic E-state index is 5.96. The maximum Gasteiger partial charge on any atom is 0.122 e. The minimum Gasteiger partial charge on any atom is -0.496 e. The molecule has 0 aromatic heterocycles. The number of benzene rings is 1. The van der Waals surface area contributed by atoms with Crippen LogP contribution in [0.3, 0.4) is 0 Å². The topological polar surface area (TPSA) is 9.23 Å². The van der Waals surface area contributed by atoms with Gasteiger partial charge in [0.05, 0.1) is 7.11 Å². The Balaban J connectivity index is 2.16. The van der Waals surface area contributed by atoms with Gasteiger partial charge >= 0.3 is 0 Å². The summed E-state index contributed by atoms with van der Waals surface area (Å²) in [7, 11) is 1.72. The van der Waals surface area contributed by atoms with Crippen molar-refractivity contribution in [2.45, 2.75) is 19.3 Å². The minimum atomic E-state index is 0.371. The average molecular weight is 211 g/mol. The summed E-state index contributed by atoms with van der Waals surface area (Å²) in [6.45, 7) is 0. The van der Waals surface area contributed by atoms with E-state index in [4.69, 9.17) is 16.3 Å². The van der Waals surface area contributed by atoms with Gasteiger partial charge < -0.3 is 4.74 Å². The molecule has 1 aliphatic carbocycles. The van der Waals surface area contributed by atoms with Gasteiger partial charge in [-0.05, 0) is 36.3 Å². The van der Waals surface area contributed by atoms with Crippen molar-refractivity contribution in [2.24, 2.45) is 5.41 Å². The molecule has 1 saturated carbocycles. The number of rotatable bonds is 4. The van der Waals surface area contributed by atoms with E-state index in [0.717, 1.165) is 18.1 Å². The molecule has 0 aliphatic heterocycles. The first-order valence-corrected chi connectivity index (χ1v) is 5.51. The second kappa shape index (κ2) is 3.82. The predicted octanol–water partition coefficient (Wildman–Crippen LogP) is 3.26. The monoisotopic (exact) mass is 210 g/mol. The van der Waals surface area contributed by atoms with E-state index in [1.807, 2.05) is 12.1 Å². The fourth-order valence-electron chi connectivity index (χ4n) is 1.79. The second-order valence-corrected chi connectivity index (χ2v) is 4.39. The molecule has 1 fully saturated rings. The molecule has 0 unspecified atom stereocenters. The zero-order chi connectivity index (χ0) is 10.0. The molecule has 1 aromatic carbocycles. The van der Waals surface area contributed by atoms with Crippen molar-refractivity contribution in [2.75, 3.05) is 13.0 Å². The van der Waals surface area contributed by atoms with Crippen LogP contribution in [0.25, 0.3) is 0 Å². The third-order valence-electron chi connectivity index (χ3n) is 3.00. The number of hydrogen-bond acceptors (Lipinski definition) is 1. The maximum atomic E-state index is 5.96. The van der Waals surface area contributed by atoms with E-state index >= 15 is 0 Å². The van der Waals surface area contributed by atoms with Crippen LogP contribution in [0.4, 0.5) is 0 Å². The van der Waals surface area contributed by atoms with Gasteiger partial charge in [-0.25, -0.2) is 0 Å². The number of halogens is 1. The van der Waals surface area contributed by atoms with E-state index in [-0.39, 0.29) is 0 Å². The first-order chi connectivity index (χ1) is 6.79. The number of ether oxygens (including phenoxy) is 1.